The van der Waals surface area contributed by atoms with Gasteiger partial charge in [-0.25, -0.2) is 0 Å². The van der Waals surface area contributed by atoms with Gasteiger partial charge >= 0.3 is 0 Å². The van der Waals surface area contributed by atoms with Gasteiger partial charge in [0.2, 0.25) is 5.91 Å². The number of amides is 1. The molecule has 1 fully saturated rings. The fraction of sp³-hybridized carbons (Fsp3) is 0.917. The van der Waals surface area contributed by atoms with Gasteiger partial charge in [0.15, 0.2) is 0 Å². The van der Waals surface area contributed by atoms with E-state index in [1.54, 1.807) is 0 Å². The first kappa shape index (κ1) is 13.5. The molecule has 1 saturated heterocycles. The third kappa shape index (κ3) is 4.94. The summed E-state index contributed by atoms with van der Waals surface area (Å²) < 4.78 is 0. The van der Waals surface area contributed by atoms with E-state index in [0.717, 1.165) is 32.7 Å². The van der Waals surface area contributed by atoms with Crippen molar-refractivity contribution in [3.05, 3.63) is 0 Å². The van der Waals surface area contributed by atoms with Crippen molar-refractivity contribution >= 4 is 5.91 Å². The van der Waals surface area contributed by atoms with Gasteiger partial charge in [0, 0.05) is 13.1 Å². The number of carbonyl (C=O) groups is 1. The van der Waals surface area contributed by atoms with Crippen LogP contribution in [0.2, 0.25) is 0 Å². The molecule has 94 valence electrons. The SMILES string of the molecule is CCNCC1CCCN(CC(=O)NCC)C1. The highest BCUT2D eigenvalue weighted by molar-refractivity contribution is 5.77. The summed E-state index contributed by atoms with van der Waals surface area (Å²) in [5.41, 5.74) is 0. The van der Waals surface area contributed by atoms with Gasteiger partial charge in [-0.15, -0.1) is 0 Å². The van der Waals surface area contributed by atoms with Crippen molar-refractivity contribution in [2.75, 3.05) is 39.3 Å². The van der Waals surface area contributed by atoms with Crippen LogP contribution in [0.1, 0.15) is 26.7 Å². The number of likely N-dealkylation sites (N-methyl/N-ethyl adjacent to an activating group) is 1. The van der Waals surface area contributed by atoms with Gasteiger partial charge in [-0.3, -0.25) is 9.69 Å². The maximum atomic E-state index is 11.5. The van der Waals surface area contributed by atoms with Gasteiger partial charge in [-0.1, -0.05) is 6.92 Å². The van der Waals surface area contributed by atoms with Crippen LogP contribution in [-0.2, 0) is 4.79 Å². The number of nitrogens with one attached hydrogen (secondary N) is 2. The summed E-state index contributed by atoms with van der Waals surface area (Å²) in [5, 5.41) is 6.24. The minimum atomic E-state index is 0.159. The topological polar surface area (TPSA) is 44.4 Å². The molecule has 0 aromatic heterocycles. The monoisotopic (exact) mass is 227 g/mol. The Hall–Kier alpha value is -0.610. The Bertz CT molecular complexity index is 208. The van der Waals surface area contributed by atoms with Gasteiger partial charge < -0.3 is 10.6 Å². The summed E-state index contributed by atoms with van der Waals surface area (Å²) >= 11 is 0. The molecular weight excluding hydrogens is 202 g/mol. The molecule has 0 spiro atoms. The summed E-state index contributed by atoms with van der Waals surface area (Å²) in [6.45, 7) is 9.64. The van der Waals surface area contributed by atoms with Gasteiger partial charge in [0.1, 0.15) is 0 Å². The fourth-order valence-corrected chi connectivity index (χ4v) is 2.27. The number of piperidine rings is 1. The maximum Gasteiger partial charge on any atom is 0.234 e. The van der Waals surface area contributed by atoms with Gasteiger partial charge in [-0.2, -0.15) is 0 Å². The second kappa shape index (κ2) is 7.63. The van der Waals surface area contributed by atoms with Crippen LogP contribution in [0, 0.1) is 5.92 Å². The molecule has 1 rings (SSSR count). The highest BCUT2D eigenvalue weighted by Gasteiger charge is 2.20. The molecule has 0 bridgehead atoms. The molecule has 2 N–H and O–H groups in total. The van der Waals surface area contributed by atoms with E-state index >= 15 is 0 Å². The molecule has 1 unspecified atom stereocenters. The number of hydrogen-bond acceptors (Lipinski definition) is 3. The number of rotatable bonds is 6. The van der Waals surface area contributed by atoms with Crippen LogP contribution >= 0.6 is 0 Å². The maximum absolute atomic E-state index is 11.5. The lowest BCUT2D eigenvalue weighted by Crippen LogP contribution is -2.44. The number of hydrogen-bond donors (Lipinski definition) is 2. The van der Waals surface area contributed by atoms with E-state index in [1.807, 2.05) is 6.92 Å². The fourth-order valence-electron chi connectivity index (χ4n) is 2.27. The Morgan fingerprint density at radius 1 is 1.38 bits per heavy atom. The zero-order chi connectivity index (χ0) is 11.8. The molecule has 4 heteroatoms. The Morgan fingerprint density at radius 2 is 2.19 bits per heavy atom. The number of nitrogens with zero attached hydrogens (tertiary/aromatic N) is 1. The van der Waals surface area contributed by atoms with Crippen molar-refractivity contribution in [2.24, 2.45) is 5.92 Å². The molecule has 1 aliphatic heterocycles. The molecule has 16 heavy (non-hydrogen) atoms. The zero-order valence-electron chi connectivity index (χ0n) is 10.6. The lowest BCUT2D eigenvalue weighted by Gasteiger charge is -2.32. The smallest absolute Gasteiger partial charge is 0.234 e. The molecule has 1 aliphatic rings. The van der Waals surface area contributed by atoms with Crippen LogP contribution in [-0.4, -0.2) is 50.1 Å². The Labute approximate surface area is 98.8 Å². The summed E-state index contributed by atoms with van der Waals surface area (Å²) in [6.07, 6.45) is 2.51. The summed E-state index contributed by atoms with van der Waals surface area (Å²) in [7, 11) is 0. The first-order chi connectivity index (χ1) is 7.76. The minimum absolute atomic E-state index is 0.159. The molecule has 0 saturated carbocycles. The van der Waals surface area contributed by atoms with E-state index in [1.165, 1.54) is 12.8 Å². The largest absolute Gasteiger partial charge is 0.355 e. The Balaban J connectivity index is 2.24. The molecule has 1 heterocycles. The van der Waals surface area contributed by atoms with Gasteiger partial charge in [0.05, 0.1) is 6.54 Å². The molecule has 1 atom stereocenters. The quantitative estimate of drug-likeness (QED) is 0.692. The molecule has 4 nitrogen and oxygen atoms in total. The molecule has 0 aromatic carbocycles. The number of likely N-dealkylation sites (tertiary alicyclic amines) is 1. The number of carbonyl (C=O) groups excluding carboxylic acids is 1. The third-order valence-corrected chi connectivity index (χ3v) is 3.03. The Morgan fingerprint density at radius 3 is 2.88 bits per heavy atom. The first-order valence-electron chi connectivity index (χ1n) is 6.46. The van der Waals surface area contributed by atoms with Crippen LogP contribution in [0.3, 0.4) is 0 Å². The average Bonchev–Trinajstić information content (AvgIpc) is 2.27. The lowest BCUT2D eigenvalue weighted by molar-refractivity contribution is -0.122. The van der Waals surface area contributed by atoms with E-state index in [0.29, 0.717) is 12.5 Å². The zero-order valence-corrected chi connectivity index (χ0v) is 10.6. The van der Waals surface area contributed by atoms with Gasteiger partial charge in [-0.05, 0) is 45.3 Å². The van der Waals surface area contributed by atoms with Crippen LogP contribution < -0.4 is 10.6 Å². The predicted molar refractivity (Wildman–Crippen MR) is 66.4 cm³/mol. The third-order valence-electron chi connectivity index (χ3n) is 3.03. The van der Waals surface area contributed by atoms with E-state index in [4.69, 9.17) is 0 Å². The van der Waals surface area contributed by atoms with Crippen molar-refractivity contribution in [1.29, 1.82) is 0 Å². The van der Waals surface area contributed by atoms with Crippen molar-refractivity contribution in [3.8, 4) is 0 Å². The predicted octanol–water partition coefficient (Wildman–Crippen LogP) is 0.444. The molecule has 0 radical (unpaired) electrons. The molecule has 0 aromatic rings. The van der Waals surface area contributed by atoms with E-state index in [-0.39, 0.29) is 5.91 Å². The molecular formula is C12H25N3O. The normalized spacial score (nSPS) is 22.0. The first-order valence-corrected chi connectivity index (χ1v) is 6.46. The molecule has 0 aliphatic carbocycles. The van der Waals surface area contributed by atoms with Crippen molar-refractivity contribution in [1.82, 2.24) is 15.5 Å². The van der Waals surface area contributed by atoms with Crippen molar-refractivity contribution < 1.29 is 4.79 Å². The van der Waals surface area contributed by atoms with E-state index < -0.39 is 0 Å². The average molecular weight is 227 g/mol. The highest BCUT2D eigenvalue weighted by atomic mass is 16.2. The Kier molecular flexibility index (Phi) is 6.42. The van der Waals surface area contributed by atoms with E-state index in [2.05, 4.69) is 22.5 Å². The van der Waals surface area contributed by atoms with Crippen molar-refractivity contribution in [3.63, 3.8) is 0 Å². The summed E-state index contributed by atoms with van der Waals surface area (Å²) in [5.74, 6) is 0.870. The lowest BCUT2D eigenvalue weighted by atomic mass is 9.98. The highest BCUT2D eigenvalue weighted by Crippen LogP contribution is 2.15. The second-order valence-electron chi connectivity index (χ2n) is 4.50. The van der Waals surface area contributed by atoms with Gasteiger partial charge in [0.25, 0.3) is 0 Å². The standard InChI is InChI=1S/C12H25N3O/c1-3-13-8-11-6-5-7-15(9-11)10-12(16)14-4-2/h11,13H,3-10H2,1-2H3,(H,14,16). The van der Waals surface area contributed by atoms with Crippen LogP contribution in [0.25, 0.3) is 0 Å². The summed E-state index contributed by atoms with van der Waals surface area (Å²) in [6, 6.07) is 0. The van der Waals surface area contributed by atoms with Crippen LogP contribution in [0.15, 0.2) is 0 Å². The van der Waals surface area contributed by atoms with E-state index in [9.17, 15) is 4.79 Å². The molecule has 1 amide bonds. The van der Waals surface area contributed by atoms with Crippen LogP contribution in [0.5, 0.6) is 0 Å². The van der Waals surface area contributed by atoms with Crippen molar-refractivity contribution in [2.45, 2.75) is 26.7 Å². The second-order valence-corrected chi connectivity index (χ2v) is 4.50. The summed E-state index contributed by atoms with van der Waals surface area (Å²) in [4.78, 5) is 13.7. The minimum Gasteiger partial charge on any atom is -0.355 e. The van der Waals surface area contributed by atoms with Crippen LogP contribution in [0.4, 0.5) is 0 Å².